The van der Waals surface area contributed by atoms with E-state index in [4.69, 9.17) is 14.0 Å². The first-order valence-electron chi connectivity index (χ1n) is 9.54. The van der Waals surface area contributed by atoms with Gasteiger partial charge in [0.1, 0.15) is 11.5 Å². The molecule has 2 aromatic rings. The van der Waals surface area contributed by atoms with Crippen molar-refractivity contribution in [3.05, 3.63) is 35.5 Å². The Balaban J connectivity index is 1.51. The second kappa shape index (κ2) is 9.19. The van der Waals surface area contributed by atoms with Crippen molar-refractivity contribution in [2.75, 3.05) is 40.4 Å². The fraction of sp³-hybridized carbons (Fsp3) is 0.600. The van der Waals surface area contributed by atoms with Gasteiger partial charge in [0, 0.05) is 44.7 Å². The van der Waals surface area contributed by atoms with Crippen molar-refractivity contribution in [2.24, 2.45) is 5.92 Å². The Morgan fingerprint density at radius 2 is 1.74 bits per heavy atom. The highest BCUT2D eigenvalue weighted by Crippen LogP contribution is 2.25. The van der Waals surface area contributed by atoms with Crippen LogP contribution in [0.15, 0.2) is 22.7 Å². The molecule has 0 spiro atoms. The highest BCUT2D eigenvalue weighted by Gasteiger charge is 2.20. The van der Waals surface area contributed by atoms with E-state index in [1.165, 1.54) is 0 Å². The number of hydrogen-bond donors (Lipinski definition) is 0. The molecule has 0 unspecified atom stereocenters. The largest absolute Gasteiger partial charge is 0.497 e. The van der Waals surface area contributed by atoms with E-state index in [1.54, 1.807) is 14.2 Å². The Labute approximate surface area is 161 Å². The molecule has 0 bridgehead atoms. The number of piperazine rings is 1. The van der Waals surface area contributed by atoms with Gasteiger partial charge in [-0.05, 0) is 24.1 Å². The quantitative estimate of drug-likeness (QED) is 0.704. The zero-order chi connectivity index (χ0) is 19.2. The summed E-state index contributed by atoms with van der Waals surface area (Å²) in [6, 6.07) is 5.95. The number of methoxy groups -OCH3 is 2. The van der Waals surface area contributed by atoms with E-state index in [0.717, 1.165) is 68.6 Å². The zero-order valence-corrected chi connectivity index (χ0v) is 16.8. The standard InChI is InChI=1S/C20H30N4O3/c1-15(2)11-19-21-20(27-22-19)14-24-9-7-23(8-10-24)13-16-12-17(25-3)5-6-18(16)26-4/h5-6,12,15H,7-11,13-14H2,1-4H3. The number of hydrogen-bond acceptors (Lipinski definition) is 7. The molecule has 0 amide bonds. The van der Waals surface area contributed by atoms with E-state index in [-0.39, 0.29) is 0 Å². The highest BCUT2D eigenvalue weighted by molar-refractivity contribution is 5.40. The third-order valence-corrected chi connectivity index (χ3v) is 4.81. The maximum absolute atomic E-state index is 5.50. The minimum Gasteiger partial charge on any atom is -0.497 e. The third-order valence-electron chi connectivity index (χ3n) is 4.81. The fourth-order valence-electron chi connectivity index (χ4n) is 3.35. The van der Waals surface area contributed by atoms with Gasteiger partial charge in [-0.1, -0.05) is 19.0 Å². The van der Waals surface area contributed by atoms with Crippen molar-refractivity contribution in [1.82, 2.24) is 19.9 Å². The van der Waals surface area contributed by atoms with Crippen LogP contribution >= 0.6 is 0 Å². The van der Waals surface area contributed by atoms with Crippen LogP contribution in [0.3, 0.4) is 0 Å². The summed E-state index contributed by atoms with van der Waals surface area (Å²) < 4.78 is 16.2. The Morgan fingerprint density at radius 1 is 1.04 bits per heavy atom. The summed E-state index contributed by atoms with van der Waals surface area (Å²) in [6.45, 7) is 9.84. The average molecular weight is 374 g/mol. The molecule has 2 heterocycles. The minimum absolute atomic E-state index is 0.535. The molecule has 0 atom stereocenters. The van der Waals surface area contributed by atoms with E-state index in [1.807, 2.05) is 12.1 Å². The van der Waals surface area contributed by atoms with E-state index in [2.05, 4.69) is 39.9 Å². The molecule has 1 aromatic carbocycles. The first-order chi connectivity index (χ1) is 13.1. The van der Waals surface area contributed by atoms with Crippen LogP contribution in [0, 0.1) is 5.92 Å². The molecule has 0 radical (unpaired) electrons. The maximum Gasteiger partial charge on any atom is 0.240 e. The van der Waals surface area contributed by atoms with Gasteiger partial charge < -0.3 is 14.0 Å². The zero-order valence-electron chi connectivity index (χ0n) is 16.8. The van der Waals surface area contributed by atoms with Crippen LogP contribution in [-0.2, 0) is 19.5 Å². The summed E-state index contributed by atoms with van der Waals surface area (Å²) in [5.41, 5.74) is 1.15. The summed E-state index contributed by atoms with van der Waals surface area (Å²) in [4.78, 5) is 9.31. The van der Waals surface area contributed by atoms with Gasteiger partial charge >= 0.3 is 0 Å². The lowest BCUT2D eigenvalue weighted by Crippen LogP contribution is -2.45. The van der Waals surface area contributed by atoms with E-state index < -0.39 is 0 Å². The number of ether oxygens (including phenoxy) is 2. The lowest BCUT2D eigenvalue weighted by molar-refractivity contribution is 0.111. The molecule has 0 saturated carbocycles. The topological polar surface area (TPSA) is 63.9 Å². The molecular formula is C20H30N4O3. The molecule has 1 aromatic heterocycles. The van der Waals surface area contributed by atoms with Crippen LogP contribution in [0.25, 0.3) is 0 Å². The van der Waals surface area contributed by atoms with Crippen LogP contribution in [0.1, 0.15) is 31.1 Å². The van der Waals surface area contributed by atoms with E-state index >= 15 is 0 Å². The van der Waals surface area contributed by atoms with Gasteiger partial charge in [0.05, 0.1) is 20.8 Å². The van der Waals surface area contributed by atoms with Crippen molar-refractivity contribution in [3.8, 4) is 11.5 Å². The Morgan fingerprint density at radius 3 is 2.37 bits per heavy atom. The molecule has 0 aliphatic carbocycles. The summed E-state index contributed by atoms with van der Waals surface area (Å²) >= 11 is 0. The predicted octanol–water partition coefficient (Wildman–Crippen LogP) is 2.60. The average Bonchev–Trinajstić information content (AvgIpc) is 3.09. The fourth-order valence-corrected chi connectivity index (χ4v) is 3.35. The molecule has 148 valence electrons. The Bertz CT molecular complexity index is 724. The predicted molar refractivity (Wildman–Crippen MR) is 103 cm³/mol. The molecular weight excluding hydrogens is 344 g/mol. The van der Waals surface area contributed by atoms with Crippen molar-refractivity contribution in [1.29, 1.82) is 0 Å². The minimum atomic E-state index is 0.535. The molecule has 27 heavy (non-hydrogen) atoms. The lowest BCUT2D eigenvalue weighted by Gasteiger charge is -2.34. The van der Waals surface area contributed by atoms with Gasteiger partial charge in [0.2, 0.25) is 5.89 Å². The molecule has 1 aliphatic heterocycles. The molecule has 0 N–H and O–H groups in total. The number of rotatable bonds is 8. The molecule has 7 heteroatoms. The monoisotopic (exact) mass is 374 g/mol. The molecule has 1 fully saturated rings. The van der Waals surface area contributed by atoms with Crippen LogP contribution in [0.4, 0.5) is 0 Å². The molecule has 7 nitrogen and oxygen atoms in total. The van der Waals surface area contributed by atoms with Crippen molar-refractivity contribution in [3.63, 3.8) is 0 Å². The van der Waals surface area contributed by atoms with Crippen LogP contribution in [-0.4, -0.2) is 60.3 Å². The first-order valence-corrected chi connectivity index (χ1v) is 9.54. The van der Waals surface area contributed by atoms with E-state index in [9.17, 15) is 0 Å². The lowest BCUT2D eigenvalue weighted by atomic mass is 10.1. The third kappa shape index (κ3) is 5.43. The highest BCUT2D eigenvalue weighted by atomic mass is 16.5. The molecule has 3 rings (SSSR count). The van der Waals surface area contributed by atoms with Gasteiger partial charge in [0.15, 0.2) is 5.82 Å². The second-order valence-electron chi connectivity index (χ2n) is 7.43. The Hall–Kier alpha value is -2.12. The van der Waals surface area contributed by atoms with Gasteiger partial charge in [-0.2, -0.15) is 4.98 Å². The SMILES string of the molecule is COc1ccc(OC)c(CN2CCN(Cc3nc(CC(C)C)no3)CC2)c1. The number of aromatic nitrogens is 2. The second-order valence-corrected chi connectivity index (χ2v) is 7.43. The Kier molecular flexibility index (Phi) is 6.68. The van der Waals surface area contributed by atoms with Crippen molar-refractivity contribution < 1.29 is 14.0 Å². The summed E-state index contributed by atoms with van der Waals surface area (Å²) in [5, 5.41) is 4.08. The summed E-state index contributed by atoms with van der Waals surface area (Å²) in [7, 11) is 3.40. The van der Waals surface area contributed by atoms with Gasteiger partial charge in [-0.25, -0.2) is 0 Å². The normalized spacial score (nSPS) is 16.0. The van der Waals surface area contributed by atoms with Crippen molar-refractivity contribution in [2.45, 2.75) is 33.4 Å². The van der Waals surface area contributed by atoms with Gasteiger partial charge in [-0.15, -0.1) is 0 Å². The number of nitrogens with zero attached hydrogens (tertiary/aromatic N) is 4. The van der Waals surface area contributed by atoms with Gasteiger partial charge in [-0.3, -0.25) is 9.80 Å². The van der Waals surface area contributed by atoms with Gasteiger partial charge in [0.25, 0.3) is 0 Å². The number of benzene rings is 1. The summed E-state index contributed by atoms with van der Waals surface area (Å²) in [6.07, 6.45) is 0.861. The van der Waals surface area contributed by atoms with E-state index in [0.29, 0.717) is 11.8 Å². The first kappa shape index (κ1) is 19.6. The van der Waals surface area contributed by atoms with Crippen molar-refractivity contribution >= 4 is 0 Å². The van der Waals surface area contributed by atoms with Crippen LogP contribution < -0.4 is 9.47 Å². The maximum atomic E-state index is 5.50. The molecule has 1 aliphatic rings. The smallest absolute Gasteiger partial charge is 0.240 e. The summed E-state index contributed by atoms with van der Waals surface area (Å²) in [5.74, 6) is 3.82. The van der Waals surface area contributed by atoms with Crippen LogP contribution in [0.2, 0.25) is 0 Å². The molecule has 1 saturated heterocycles. The van der Waals surface area contributed by atoms with Crippen LogP contribution in [0.5, 0.6) is 11.5 Å².